The minimum Gasteiger partial charge on any atom is -0.344 e. The van der Waals surface area contributed by atoms with Gasteiger partial charge in [0, 0.05) is 16.4 Å². The Bertz CT molecular complexity index is 887. The van der Waals surface area contributed by atoms with E-state index in [1.165, 1.54) is 0 Å². The second-order valence-electron chi connectivity index (χ2n) is 5.58. The minimum absolute atomic E-state index is 0.177. The zero-order valence-electron chi connectivity index (χ0n) is 13.2. The lowest BCUT2D eigenvalue weighted by molar-refractivity contribution is 0.0937. The molecule has 1 N–H and O–H groups in total. The Hall–Kier alpha value is -2.40. The summed E-state index contributed by atoms with van der Waals surface area (Å²) in [5.74, 6) is -0.252. The lowest BCUT2D eigenvalue weighted by Gasteiger charge is -2.14. The summed E-state index contributed by atoms with van der Waals surface area (Å²) in [4.78, 5) is 21.2. The number of aryl methyl sites for hydroxylation is 2. The number of imidazole rings is 1. The number of halogens is 1. The normalized spacial score (nSPS) is 12.3. The Morgan fingerprint density at radius 1 is 1.30 bits per heavy atom. The topological polar surface area (TPSA) is 59.3 Å². The molecule has 3 aromatic rings. The fourth-order valence-corrected chi connectivity index (χ4v) is 2.76. The van der Waals surface area contributed by atoms with Gasteiger partial charge in [0.05, 0.1) is 6.04 Å². The van der Waals surface area contributed by atoms with Gasteiger partial charge < -0.3 is 5.32 Å². The van der Waals surface area contributed by atoms with Crippen LogP contribution in [-0.2, 0) is 0 Å². The number of amides is 1. The zero-order valence-corrected chi connectivity index (χ0v) is 13.9. The number of aromatic nitrogens is 3. The molecule has 118 valence electrons. The molecule has 0 saturated carbocycles. The van der Waals surface area contributed by atoms with Crippen molar-refractivity contribution in [2.75, 3.05) is 0 Å². The lowest BCUT2D eigenvalue weighted by atomic mass is 10.1. The first-order chi connectivity index (χ1) is 11.0. The van der Waals surface area contributed by atoms with E-state index in [4.69, 9.17) is 11.6 Å². The van der Waals surface area contributed by atoms with Crippen molar-refractivity contribution in [3.05, 3.63) is 64.3 Å². The van der Waals surface area contributed by atoms with E-state index in [0.29, 0.717) is 16.4 Å². The number of benzene rings is 1. The molecule has 2 heterocycles. The summed E-state index contributed by atoms with van der Waals surface area (Å²) in [5, 5.41) is 3.59. The second kappa shape index (κ2) is 6.01. The standard InChI is InChI=1S/C17H17ClN4O/c1-10-7-11(2)22-9-19-15(16(22)20-10)17(23)21-12(3)13-5-4-6-14(18)8-13/h4-9,12H,1-3H3,(H,21,23)/t12-/m0/s1. The summed E-state index contributed by atoms with van der Waals surface area (Å²) >= 11 is 6.00. The summed E-state index contributed by atoms with van der Waals surface area (Å²) < 4.78 is 1.81. The highest BCUT2D eigenvalue weighted by atomic mass is 35.5. The van der Waals surface area contributed by atoms with E-state index >= 15 is 0 Å². The molecule has 2 aromatic heterocycles. The molecule has 1 aromatic carbocycles. The third kappa shape index (κ3) is 3.05. The monoisotopic (exact) mass is 328 g/mol. The number of hydrogen-bond acceptors (Lipinski definition) is 3. The molecule has 6 heteroatoms. The van der Waals surface area contributed by atoms with Crippen LogP contribution in [0.1, 0.15) is 40.4 Å². The van der Waals surface area contributed by atoms with Gasteiger partial charge in [-0.05, 0) is 44.5 Å². The van der Waals surface area contributed by atoms with Gasteiger partial charge in [0.25, 0.3) is 5.91 Å². The molecule has 0 aliphatic heterocycles. The van der Waals surface area contributed by atoms with Crippen LogP contribution in [0.25, 0.3) is 5.65 Å². The molecular weight excluding hydrogens is 312 g/mol. The van der Waals surface area contributed by atoms with E-state index in [0.717, 1.165) is 17.0 Å². The van der Waals surface area contributed by atoms with Crippen molar-refractivity contribution in [2.45, 2.75) is 26.8 Å². The predicted molar refractivity (Wildman–Crippen MR) is 89.8 cm³/mol. The fraction of sp³-hybridized carbons (Fsp3) is 0.235. The Morgan fingerprint density at radius 3 is 2.83 bits per heavy atom. The van der Waals surface area contributed by atoms with Gasteiger partial charge in [-0.25, -0.2) is 9.97 Å². The number of nitrogens with one attached hydrogen (secondary N) is 1. The molecule has 1 amide bonds. The Morgan fingerprint density at radius 2 is 2.09 bits per heavy atom. The van der Waals surface area contributed by atoms with Gasteiger partial charge in [-0.1, -0.05) is 23.7 Å². The molecule has 0 aliphatic carbocycles. The van der Waals surface area contributed by atoms with Crippen LogP contribution in [0.3, 0.4) is 0 Å². The average molecular weight is 329 g/mol. The predicted octanol–water partition coefficient (Wildman–Crippen LogP) is 3.49. The first-order valence-corrected chi connectivity index (χ1v) is 7.71. The average Bonchev–Trinajstić information content (AvgIpc) is 2.91. The molecule has 1 atom stereocenters. The van der Waals surface area contributed by atoms with Crippen LogP contribution in [0.4, 0.5) is 0 Å². The summed E-state index contributed by atoms with van der Waals surface area (Å²) in [6.07, 6.45) is 1.62. The molecule has 0 bridgehead atoms. The smallest absolute Gasteiger partial charge is 0.274 e. The SMILES string of the molecule is Cc1cc(C)n2cnc(C(=O)N[C@@H](C)c3cccc(Cl)c3)c2n1. The van der Waals surface area contributed by atoms with Crippen molar-refractivity contribution in [1.29, 1.82) is 0 Å². The maximum atomic E-state index is 12.6. The third-order valence-corrected chi connectivity index (χ3v) is 3.97. The minimum atomic E-state index is -0.252. The highest BCUT2D eigenvalue weighted by Gasteiger charge is 2.18. The molecule has 0 saturated heterocycles. The summed E-state index contributed by atoms with van der Waals surface area (Å²) in [6.45, 7) is 5.77. The summed E-state index contributed by atoms with van der Waals surface area (Å²) in [6, 6.07) is 9.20. The third-order valence-electron chi connectivity index (χ3n) is 3.73. The van der Waals surface area contributed by atoms with Crippen molar-refractivity contribution in [3.63, 3.8) is 0 Å². The van der Waals surface area contributed by atoms with E-state index in [-0.39, 0.29) is 11.9 Å². The molecule has 3 rings (SSSR count). The van der Waals surface area contributed by atoms with Gasteiger partial charge in [0.2, 0.25) is 0 Å². The van der Waals surface area contributed by atoms with E-state index in [9.17, 15) is 4.79 Å². The van der Waals surface area contributed by atoms with Gasteiger partial charge >= 0.3 is 0 Å². The first kappa shape index (κ1) is 15.5. The number of fused-ring (bicyclic) bond motifs is 1. The number of carbonyl (C=O) groups is 1. The second-order valence-corrected chi connectivity index (χ2v) is 6.01. The van der Waals surface area contributed by atoms with Crippen molar-refractivity contribution < 1.29 is 4.79 Å². The molecule has 0 fully saturated rings. The maximum Gasteiger partial charge on any atom is 0.274 e. The number of hydrogen-bond donors (Lipinski definition) is 1. The molecular formula is C17H17ClN4O. The molecule has 5 nitrogen and oxygen atoms in total. The molecule has 0 aliphatic rings. The number of carbonyl (C=O) groups excluding carboxylic acids is 1. The van der Waals surface area contributed by atoms with Gasteiger partial charge in [-0.3, -0.25) is 9.20 Å². The van der Waals surface area contributed by atoms with Crippen LogP contribution < -0.4 is 5.32 Å². The van der Waals surface area contributed by atoms with Crippen LogP contribution in [0, 0.1) is 13.8 Å². The fourth-order valence-electron chi connectivity index (χ4n) is 2.56. The summed E-state index contributed by atoms with van der Waals surface area (Å²) in [7, 11) is 0. The number of nitrogens with zero attached hydrogens (tertiary/aromatic N) is 3. The van der Waals surface area contributed by atoms with Crippen molar-refractivity contribution in [3.8, 4) is 0 Å². The van der Waals surface area contributed by atoms with Crippen LogP contribution in [-0.4, -0.2) is 20.3 Å². The summed E-state index contributed by atoms with van der Waals surface area (Å²) in [5.41, 5.74) is 3.67. The van der Waals surface area contributed by atoms with Gasteiger partial charge in [-0.15, -0.1) is 0 Å². The van der Waals surface area contributed by atoms with Gasteiger partial charge in [0.15, 0.2) is 11.3 Å². The Labute approximate surface area is 139 Å². The van der Waals surface area contributed by atoms with E-state index < -0.39 is 0 Å². The van der Waals surface area contributed by atoms with Gasteiger partial charge in [-0.2, -0.15) is 0 Å². The largest absolute Gasteiger partial charge is 0.344 e. The lowest BCUT2D eigenvalue weighted by Crippen LogP contribution is -2.27. The van der Waals surface area contributed by atoms with Crippen molar-refractivity contribution in [1.82, 2.24) is 19.7 Å². The van der Waals surface area contributed by atoms with Crippen LogP contribution in [0.5, 0.6) is 0 Å². The van der Waals surface area contributed by atoms with Crippen molar-refractivity contribution >= 4 is 23.2 Å². The highest BCUT2D eigenvalue weighted by molar-refractivity contribution is 6.30. The van der Waals surface area contributed by atoms with Crippen LogP contribution in [0.15, 0.2) is 36.7 Å². The van der Waals surface area contributed by atoms with Crippen molar-refractivity contribution in [2.24, 2.45) is 0 Å². The number of rotatable bonds is 3. The van der Waals surface area contributed by atoms with E-state index in [2.05, 4.69) is 15.3 Å². The van der Waals surface area contributed by atoms with E-state index in [1.807, 2.05) is 49.4 Å². The first-order valence-electron chi connectivity index (χ1n) is 7.33. The Balaban J connectivity index is 1.89. The zero-order chi connectivity index (χ0) is 16.6. The molecule has 0 spiro atoms. The molecule has 0 unspecified atom stereocenters. The highest BCUT2D eigenvalue weighted by Crippen LogP contribution is 2.18. The Kier molecular flexibility index (Phi) is 4.05. The maximum absolute atomic E-state index is 12.6. The van der Waals surface area contributed by atoms with Gasteiger partial charge in [0.1, 0.15) is 6.33 Å². The molecule has 0 radical (unpaired) electrons. The van der Waals surface area contributed by atoms with E-state index in [1.54, 1.807) is 12.4 Å². The quantitative estimate of drug-likeness (QED) is 0.800. The van der Waals surface area contributed by atoms with Crippen LogP contribution >= 0.6 is 11.6 Å². The molecule has 23 heavy (non-hydrogen) atoms. The van der Waals surface area contributed by atoms with Crippen LogP contribution in [0.2, 0.25) is 5.02 Å².